The molecule has 1 saturated heterocycles. The minimum Gasteiger partial charge on any atom is -0.507 e. The zero-order chi connectivity index (χ0) is 25.4. The molecule has 1 amide bonds. The second-order valence-corrected chi connectivity index (χ2v) is 8.81. The lowest BCUT2D eigenvalue weighted by atomic mass is 9.91. The molecular weight excluding hydrogens is 457 g/mol. The van der Waals surface area contributed by atoms with Gasteiger partial charge in [0, 0.05) is 12.1 Å². The van der Waals surface area contributed by atoms with Crippen LogP contribution in [0.1, 0.15) is 28.3 Å². The molecule has 0 radical (unpaired) electrons. The third-order valence-electron chi connectivity index (χ3n) is 6.59. The number of hydrogen-bond donors (Lipinski definition) is 1. The summed E-state index contributed by atoms with van der Waals surface area (Å²) in [5, 5.41) is 13.2. The van der Waals surface area contributed by atoms with Gasteiger partial charge < -0.3 is 14.7 Å². The number of aliphatic hydroxyl groups is 1. The molecule has 180 valence electrons. The number of Topliss-reactive ketones (excluding diaryl/α,β-unsaturated/α-hetero) is 1. The predicted molar refractivity (Wildman–Crippen MR) is 136 cm³/mol. The number of aryl methyl sites for hydroxylation is 1. The molecule has 0 saturated carbocycles. The van der Waals surface area contributed by atoms with Gasteiger partial charge in [0.2, 0.25) is 0 Å². The Labute approximate surface area is 208 Å². The van der Waals surface area contributed by atoms with Gasteiger partial charge in [0.1, 0.15) is 17.3 Å². The summed E-state index contributed by atoms with van der Waals surface area (Å²) in [4.78, 5) is 28.2. The first-order valence-corrected chi connectivity index (χ1v) is 11.5. The van der Waals surface area contributed by atoms with Crippen LogP contribution in [0.3, 0.4) is 0 Å². The largest absolute Gasteiger partial charge is 0.507 e. The van der Waals surface area contributed by atoms with Crippen molar-refractivity contribution in [2.75, 3.05) is 7.11 Å². The number of benzene rings is 4. The van der Waals surface area contributed by atoms with Gasteiger partial charge in [0.15, 0.2) is 0 Å². The quantitative estimate of drug-likeness (QED) is 0.218. The van der Waals surface area contributed by atoms with Crippen molar-refractivity contribution in [2.45, 2.75) is 19.5 Å². The third kappa shape index (κ3) is 4.01. The Bertz CT molecular complexity index is 1520. The average Bonchev–Trinajstić information content (AvgIpc) is 3.14. The smallest absolute Gasteiger partial charge is 0.295 e. The molecule has 5 rings (SSSR count). The molecule has 36 heavy (non-hydrogen) atoms. The molecule has 5 nitrogen and oxygen atoms in total. The molecule has 1 unspecified atom stereocenters. The van der Waals surface area contributed by atoms with Gasteiger partial charge in [-0.3, -0.25) is 9.59 Å². The summed E-state index contributed by atoms with van der Waals surface area (Å²) in [6.07, 6.45) is 0. The molecule has 4 aromatic carbocycles. The molecule has 1 heterocycles. The third-order valence-corrected chi connectivity index (χ3v) is 6.59. The molecular formula is C30H24FNO4. The number of hydrogen-bond acceptors (Lipinski definition) is 4. The number of carbonyl (C=O) groups excluding carboxylic acids is 2. The molecule has 0 spiro atoms. The van der Waals surface area contributed by atoms with Gasteiger partial charge in [0.05, 0.1) is 18.7 Å². The molecule has 1 fully saturated rings. The molecule has 0 aromatic heterocycles. The van der Waals surface area contributed by atoms with E-state index in [2.05, 4.69) is 0 Å². The number of aliphatic hydroxyl groups excluding tert-OH is 1. The van der Waals surface area contributed by atoms with E-state index in [1.54, 1.807) is 37.4 Å². The van der Waals surface area contributed by atoms with Crippen molar-refractivity contribution in [1.29, 1.82) is 0 Å². The van der Waals surface area contributed by atoms with Crippen LogP contribution in [0.4, 0.5) is 4.39 Å². The van der Waals surface area contributed by atoms with Crippen molar-refractivity contribution in [1.82, 2.24) is 4.90 Å². The second-order valence-electron chi connectivity index (χ2n) is 8.81. The maximum absolute atomic E-state index is 13.5. The minimum absolute atomic E-state index is 0.0167. The van der Waals surface area contributed by atoms with E-state index in [0.29, 0.717) is 16.9 Å². The van der Waals surface area contributed by atoms with Gasteiger partial charge in [-0.2, -0.15) is 0 Å². The van der Waals surface area contributed by atoms with Crippen LogP contribution in [-0.2, 0) is 16.1 Å². The lowest BCUT2D eigenvalue weighted by Crippen LogP contribution is -2.29. The number of nitrogens with zero attached hydrogens (tertiary/aromatic N) is 1. The molecule has 1 aliphatic heterocycles. The van der Waals surface area contributed by atoms with E-state index < -0.39 is 17.7 Å². The fourth-order valence-corrected chi connectivity index (χ4v) is 4.82. The zero-order valence-corrected chi connectivity index (χ0v) is 19.9. The number of amides is 1. The number of methoxy groups -OCH3 is 1. The van der Waals surface area contributed by atoms with Crippen molar-refractivity contribution in [2.24, 2.45) is 0 Å². The summed E-state index contributed by atoms with van der Waals surface area (Å²) in [5.74, 6) is -1.47. The van der Waals surface area contributed by atoms with E-state index in [0.717, 1.165) is 21.9 Å². The van der Waals surface area contributed by atoms with E-state index in [1.807, 2.05) is 49.4 Å². The topological polar surface area (TPSA) is 66.8 Å². The average molecular weight is 482 g/mol. The SMILES string of the molecule is COc1ccc(/C(O)=C2/C(=O)C(=O)N(Cc3ccc(F)cc3)C2c2cccc3ccccc23)cc1C. The van der Waals surface area contributed by atoms with Gasteiger partial charge in [-0.1, -0.05) is 54.6 Å². The standard InChI is InChI=1S/C30H24FNO4/c1-18-16-21(12-15-25(18)36-2)28(33)26-27(24-9-5-7-20-6-3-4-8-23(20)24)32(30(35)29(26)34)17-19-10-13-22(31)14-11-19/h3-16,27,33H,17H2,1-2H3/b28-26-. The van der Waals surface area contributed by atoms with Crippen LogP contribution in [-0.4, -0.2) is 28.8 Å². The van der Waals surface area contributed by atoms with Crippen LogP contribution >= 0.6 is 0 Å². The van der Waals surface area contributed by atoms with Crippen molar-refractivity contribution >= 4 is 28.2 Å². The Morgan fingerprint density at radius 3 is 2.42 bits per heavy atom. The fraction of sp³-hybridized carbons (Fsp3) is 0.133. The number of halogens is 1. The Morgan fingerprint density at radius 2 is 1.69 bits per heavy atom. The first-order valence-electron chi connectivity index (χ1n) is 11.5. The van der Waals surface area contributed by atoms with Crippen LogP contribution in [0.2, 0.25) is 0 Å². The van der Waals surface area contributed by atoms with E-state index >= 15 is 0 Å². The summed E-state index contributed by atoms with van der Waals surface area (Å²) < 4.78 is 18.8. The zero-order valence-electron chi connectivity index (χ0n) is 19.9. The first kappa shape index (κ1) is 23.3. The van der Waals surface area contributed by atoms with Gasteiger partial charge >= 0.3 is 0 Å². The lowest BCUT2D eigenvalue weighted by molar-refractivity contribution is -0.140. The van der Waals surface area contributed by atoms with E-state index in [9.17, 15) is 19.1 Å². The van der Waals surface area contributed by atoms with Crippen LogP contribution in [0.25, 0.3) is 16.5 Å². The molecule has 6 heteroatoms. The highest BCUT2D eigenvalue weighted by Crippen LogP contribution is 2.43. The van der Waals surface area contributed by atoms with Crippen molar-refractivity contribution < 1.29 is 23.8 Å². The number of ketones is 1. The van der Waals surface area contributed by atoms with Crippen LogP contribution in [0.5, 0.6) is 5.75 Å². The number of ether oxygens (including phenoxy) is 1. The van der Waals surface area contributed by atoms with E-state index in [-0.39, 0.29) is 23.7 Å². The number of rotatable bonds is 5. The monoisotopic (exact) mass is 481 g/mol. The molecule has 0 bridgehead atoms. The van der Waals surface area contributed by atoms with Crippen LogP contribution in [0.15, 0.2) is 90.5 Å². The summed E-state index contributed by atoms with van der Waals surface area (Å²) in [5.41, 5.74) is 2.61. The van der Waals surface area contributed by atoms with Crippen LogP contribution < -0.4 is 4.74 Å². The van der Waals surface area contributed by atoms with E-state index in [1.165, 1.54) is 17.0 Å². The highest BCUT2D eigenvalue weighted by atomic mass is 19.1. The Kier molecular flexibility index (Phi) is 6.02. The normalized spacial score (nSPS) is 17.1. The number of likely N-dealkylation sites (tertiary alicyclic amines) is 1. The Morgan fingerprint density at radius 1 is 0.972 bits per heavy atom. The number of carbonyl (C=O) groups is 2. The Balaban J connectivity index is 1.72. The van der Waals surface area contributed by atoms with Crippen molar-refractivity contribution in [3.8, 4) is 5.75 Å². The summed E-state index contributed by atoms with van der Waals surface area (Å²) in [7, 11) is 1.56. The maximum atomic E-state index is 13.5. The second kappa shape index (κ2) is 9.30. The molecule has 1 N–H and O–H groups in total. The highest BCUT2D eigenvalue weighted by molar-refractivity contribution is 6.46. The lowest BCUT2D eigenvalue weighted by Gasteiger charge is -2.26. The fourth-order valence-electron chi connectivity index (χ4n) is 4.82. The maximum Gasteiger partial charge on any atom is 0.295 e. The summed E-state index contributed by atoms with van der Waals surface area (Å²) >= 11 is 0. The van der Waals surface area contributed by atoms with Crippen molar-refractivity contribution in [3.05, 3.63) is 119 Å². The Hall–Kier alpha value is -4.45. The van der Waals surface area contributed by atoms with Gasteiger partial charge in [0.25, 0.3) is 11.7 Å². The summed E-state index contributed by atoms with van der Waals surface area (Å²) in [6.45, 7) is 1.92. The van der Waals surface area contributed by atoms with Crippen LogP contribution in [0, 0.1) is 12.7 Å². The molecule has 1 atom stereocenters. The minimum atomic E-state index is -0.830. The molecule has 1 aliphatic rings. The van der Waals surface area contributed by atoms with Gasteiger partial charge in [-0.05, 0) is 64.7 Å². The van der Waals surface area contributed by atoms with Crippen molar-refractivity contribution in [3.63, 3.8) is 0 Å². The highest BCUT2D eigenvalue weighted by Gasteiger charge is 2.46. The predicted octanol–water partition coefficient (Wildman–Crippen LogP) is 5.92. The van der Waals surface area contributed by atoms with Gasteiger partial charge in [-0.15, -0.1) is 0 Å². The molecule has 4 aromatic rings. The number of fused-ring (bicyclic) bond motifs is 1. The van der Waals surface area contributed by atoms with Gasteiger partial charge in [-0.25, -0.2) is 4.39 Å². The van der Waals surface area contributed by atoms with E-state index in [4.69, 9.17) is 4.74 Å². The first-order chi connectivity index (χ1) is 17.4. The molecule has 0 aliphatic carbocycles. The summed E-state index contributed by atoms with van der Waals surface area (Å²) in [6, 6.07) is 23.5.